The van der Waals surface area contributed by atoms with Gasteiger partial charge in [0, 0.05) is 25.0 Å². The van der Waals surface area contributed by atoms with Gasteiger partial charge in [-0.1, -0.05) is 0 Å². The summed E-state index contributed by atoms with van der Waals surface area (Å²) in [5, 5.41) is 6.68. The summed E-state index contributed by atoms with van der Waals surface area (Å²) in [5.41, 5.74) is 0.668. The Morgan fingerprint density at radius 2 is 1.93 bits per heavy atom. The van der Waals surface area contributed by atoms with Gasteiger partial charge in [0.25, 0.3) is 5.91 Å². The first-order valence-electron chi connectivity index (χ1n) is 8.27. The fourth-order valence-corrected chi connectivity index (χ4v) is 2.77. The molecule has 3 aromatic rings. The van der Waals surface area contributed by atoms with Crippen LogP contribution in [-0.4, -0.2) is 27.7 Å². The van der Waals surface area contributed by atoms with E-state index < -0.39 is 17.6 Å². The van der Waals surface area contributed by atoms with Crippen molar-refractivity contribution in [3.8, 4) is 5.82 Å². The number of benzene rings is 1. The maximum absolute atomic E-state index is 13.6. The fourth-order valence-electron chi connectivity index (χ4n) is 2.77. The van der Waals surface area contributed by atoms with Gasteiger partial charge in [-0.2, -0.15) is 18.3 Å². The zero-order chi connectivity index (χ0) is 20.5. The highest BCUT2D eigenvalue weighted by Crippen LogP contribution is 2.31. The van der Waals surface area contributed by atoms with E-state index in [1.54, 1.807) is 25.3 Å². The molecule has 0 radical (unpaired) electrons. The molecule has 0 bridgehead atoms. The summed E-state index contributed by atoms with van der Waals surface area (Å²) in [7, 11) is 1.49. The summed E-state index contributed by atoms with van der Waals surface area (Å²) >= 11 is 0. The number of carbonyl (C=O) groups excluding carboxylic acids is 1. The summed E-state index contributed by atoms with van der Waals surface area (Å²) in [6.07, 6.45) is -1.44. The second-order valence-corrected chi connectivity index (χ2v) is 6.23. The summed E-state index contributed by atoms with van der Waals surface area (Å²) < 4.78 is 53.7. The lowest BCUT2D eigenvalue weighted by Gasteiger charge is -2.10. The lowest BCUT2D eigenvalue weighted by Crippen LogP contribution is -2.19. The molecular formula is C19H16F4N4O. The van der Waals surface area contributed by atoms with Gasteiger partial charge < -0.3 is 5.32 Å². The van der Waals surface area contributed by atoms with E-state index in [1.807, 2.05) is 0 Å². The lowest BCUT2D eigenvalue weighted by atomic mass is 10.0. The second-order valence-electron chi connectivity index (χ2n) is 6.23. The number of halogens is 4. The van der Waals surface area contributed by atoms with Gasteiger partial charge in [-0.25, -0.2) is 14.1 Å². The highest BCUT2D eigenvalue weighted by molar-refractivity contribution is 5.93. The number of hydrogen-bond donors (Lipinski definition) is 1. The molecular weight excluding hydrogens is 376 g/mol. The van der Waals surface area contributed by atoms with Crippen LogP contribution in [0.2, 0.25) is 0 Å². The van der Waals surface area contributed by atoms with Crippen molar-refractivity contribution in [3.63, 3.8) is 0 Å². The third-order valence-corrected chi connectivity index (χ3v) is 4.08. The molecule has 0 spiro atoms. The smallest absolute Gasteiger partial charge is 0.354 e. The van der Waals surface area contributed by atoms with E-state index in [1.165, 1.54) is 17.9 Å². The van der Waals surface area contributed by atoms with Crippen molar-refractivity contribution in [1.29, 1.82) is 0 Å². The van der Waals surface area contributed by atoms with Crippen LogP contribution in [0.25, 0.3) is 5.82 Å². The molecule has 0 saturated carbocycles. The first-order valence-corrected chi connectivity index (χ1v) is 8.27. The van der Waals surface area contributed by atoms with E-state index in [-0.39, 0.29) is 23.6 Å². The number of aromatic nitrogens is 3. The molecule has 1 N–H and O–H groups in total. The Morgan fingerprint density at radius 3 is 2.61 bits per heavy atom. The van der Waals surface area contributed by atoms with Gasteiger partial charge in [-0.05, 0) is 54.8 Å². The molecule has 2 aromatic heterocycles. The van der Waals surface area contributed by atoms with Gasteiger partial charge in [0.2, 0.25) is 0 Å². The molecule has 0 aliphatic heterocycles. The molecule has 3 rings (SSSR count). The third-order valence-electron chi connectivity index (χ3n) is 4.08. The molecule has 28 heavy (non-hydrogen) atoms. The molecule has 0 atom stereocenters. The summed E-state index contributed by atoms with van der Waals surface area (Å²) in [6, 6.07) is 5.70. The maximum Gasteiger partial charge on any atom is 0.416 e. The van der Waals surface area contributed by atoms with E-state index in [2.05, 4.69) is 15.4 Å². The molecule has 2 heterocycles. The van der Waals surface area contributed by atoms with E-state index in [0.29, 0.717) is 23.0 Å². The van der Waals surface area contributed by atoms with Crippen molar-refractivity contribution < 1.29 is 22.4 Å². The summed E-state index contributed by atoms with van der Waals surface area (Å²) in [5.74, 6) is -0.896. The SMILES string of the molecule is CNC(=O)c1nn(-c2cc(Cc3cc(F)cc(C(F)(F)F)c3)ccn2)cc1C. The van der Waals surface area contributed by atoms with Crippen LogP contribution in [0.4, 0.5) is 17.6 Å². The first kappa shape index (κ1) is 19.5. The number of carbonyl (C=O) groups is 1. The third kappa shape index (κ3) is 4.19. The van der Waals surface area contributed by atoms with Crippen LogP contribution in [0.5, 0.6) is 0 Å². The average molecular weight is 392 g/mol. The Kier molecular flexibility index (Phi) is 5.17. The number of nitrogens with one attached hydrogen (secondary N) is 1. The number of aryl methyl sites for hydroxylation is 1. The van der Waals surface area contributed by atoms with Crippen molar-refractivity contribution in [2.75, 3.05) is 7.05 Å². The minimum absolute atomic E-state index is 0.0823. The van der Waals surface area contributed by atoms with Gasteiger partial charge in [0.1, 0.15) is 5.82 Å². The quantitative estimate of drug-likeness (QED) is 0.689. The van der Waals surface area contributed by atoms with Crippen LogP contribution in [-0.2, 0) is 12.6 Å². The minimum atomic E-state index is -4.62. The Balaban J connectivity index is 1.91. The van der Waals surface area contributed by atoms with Crippen LogP contribution in [0.3, 0.4) is 0 Å². The highest BCUT2D eigenvalue weighted by Gasteiger charge is 2.31. The minimum Gasteiger partial charge on any atom is -0.354 e. The van der Waals surface area contributed by atoms with E-state index in [0.717, 1.165) is 12.1 Å². The maximum atomic E-state index is 13.6. The van der Waals surface area contributed by atoms with Crippen LogP contribution in [0.15, 0.2) is 42.7 Å². The number of nitrogens with zero attached hydrogens (tertiary/aromatic N) is 3. The second kappa shape index (κ2) is 7.41. The number of alkyl halides is 3. The molecule has 0 unspecified atom stereocenters. The zero-order valence-corrected chi connectivity index (χ0v) is 15.0. The number of amides is 1. The molecule has 9 heteroatoms. The van der Waals surface area contributed by atoms with Gasteiger partial charge in [0.15, 0.2) is 11.5 Å². The monoisotopic (exact) mass is 392 g/mol. The van der Waals surface area contributed by atoms with Crippen LogP contribution >= 0.6 is 0 Å². The van der Waals surface area contributed by atoms with Crippen molar-refractivity contribution >= 4 is 5.91 Å². The van der Waals surface area contributed by atoms with E-state index >= 15 is 0 Å². The molecule has 1 amide bonds. The van der Waals surface area contributed by atoms with E-state index in [4.69, 9.17) is 0 Å². The standard InChI is InChI=1S/C19H16F4N4O/c1-11-10-27(26-17(11)18(28)24-2)16-8-12(3-4-25-16)5-13-6-14(19(21,22)23)9-15(20)7-13/h3-4,6-10H,5H2,1-2H3,(H,24,28). The molecule has 0 aliphatic rings. The van der Waals surface area contributed by atoms with Gasteiger partial charge in [0.05, 0.1) is 5.56 Å². The molecule has 1 aromatic carbocycles. The highest BCUT2D eigenvalue weighted by atomic mass is 19.4. The van der Waals surface area contributed by atoms with Crippen molar-refractivity contribution in [2.24, 2.45) is 0 Å². The van der Waals surface area contributed by atoms with Crippen molar-refractivity contribution in [2.45, 2.75) is 19.5 Å². The van der Waals surface area contributed by atoms with Crippen LogP contribution < -0.4 is 5.32 Å². The lowest BCUT2D eigenvalue weighted by molar-refractivity contribution is -0.137. The Morgan fingerprint density at radius 1 is 1.18 bits per heavy atom. The van der Waals surface area contributed by atoms with Gasteiger partial charge in [-0.3, -0.25) is 4.79 Å². The van der Waals surface area contributed by atoms with Gasteiger partial charge in [-0.15, -0.1) is 0 Å². The van der Waals surface area contributed by atoms with Crippen molar-refractivity contribution in [1.82, 2.24) is 20.1 Å². The largest absolute Gasteiger partial charge is 0.416 e. The van der Waals surface area contributed by atoms with Gasteiger partial charge >= 0.3 is 6.18 Å². The molecule has 0 fully saturated rings. The first-order chi connectivity index (χ1) is 13.2. The molecule has 0 aliphatic carbocycles. The predicted octanol–water partition coefficient (Wildman–Crippen LogP) is 3.68. The summed E-state index contributed by atoms with van der Waals surface area (Å²) in [4.78, 5) is 16.0. The number of pyridine rings is 1. The number of hydrogen-bond acceptors (Lipinski definition) is 3. The average Bonchev–Trinajstić information content (AvgIpc) is 3.02. The zero-order valence-electron chi connectivity index (χ0n) is 15.0. The topological polar surface area (TPSA) is 59.8 Å². The predicted molar refractivity (Wildman–Crippen MR) is 93.7 cm³/mol. The molecule has 5 nitrogen and oxygen atoms in total. The molecule has 146 valence electrons. The Bertz CT molecular complexity index is 1030. The molecule has 0 saturated heterocycles. The Hall–Kier alpha value is -3.23. The van der Waals surface area contributed by atoms with E-state index in [9.17, 15) is 22.4 Å². The van der Waals surface area contributed by atoms with Crippen LogP contribution in [0, 0.1) is 12.7 Å². The number of rotatable bonds is 4. The Labute approximate surface area is 158 Å². The van der Waals surface area contributed by atoms with Crippen molar-refractivity contribution in [3.05, 3.63) is 76.5 Å². The fraction of sp³-hybridized carbons (Fsp3) is 0.211. The van der Waals surface area contributed by atoms with Crippen LogP contribution in [0.1, 0.15) is 32.7 Å². The normalized spacial score (nSPS) is 11.5. The summed E-state index contributed by atoms with van der Waals surface area (Å²) in [6.45, 7) is 1.73.